The van der Waals surface area contributed by atoms with E-state index in [1.54, 1.807) is 0 Å². The van der Waals surface area contributed by atoms with E-state index in [9.17, 15) is 0 Å². The predicted molar refractivity (Wildman–Crippen MR) is 59.2 cm³/mol. The molecule has 15 heavy (non-hydrogen) atoms. The summed E-state index contributed by atoms with van der Waals surface area (Å²) in [6.45, 7) is 5.20. The van der Waals surface area contributed by atoms with Gasteiger partial charge in [0.15, 0.2) is 0 Å². The topological polar surface area (TPSA) is 30.5 Å². The Labute approximate surface area is 90.4 Å². The van der Waals surface area contributed by atoms with Crippen LogP contribution in [0, 0.1) is 0 Å². The van der Waals surface area contributed by atoms with Gasteiger partial charge in [0.1, 0.15) is 5.75 Å². The number of ether oxygens (including phenoxy) is 2. The molecule has 1 saturated heterocycles. The molecule has 1 atom stereocenters. The van der Waals surface area contributed by atoms with E-state index in [1.807, 2.05) is 19.1 Å². The Hall–Kier alpha value is -1.06. The highest BCUT2D eigenvalue weighted by atomic mass is 16.5. The SMILES string of the molecule is CCOc1ccc([C@@H]2COCCN2)cc1. The van der Waals surface area contributed by atoms with Gasteiger partial charge in [0.2, 0.25) is 0 Å². The van der Waals surface area contributed by atoms with Gasteiger partial charge >= 0.3 is 0 Å². The minimum absolute atomic E-state index is 0.328. The van der Waals surface area contributed by atoms with Crippen molar-refractivity contribution >= 4 is 0 Å². The van der Waals surface area contributed by atoms with Gasteiger partial charge < -0.3 is 14.8 Å². The fourth-order valence-corrected chi connectivity index (χ4v) is 1.74. The summed E-state index contributed by atoms with van der Waals surface area (Å²) in [4.78, 5) is 0. The first-order valence-corrected chi connectivity index (χ1v) is 5.44. The summed E-state index contributed by atoms with van der Waals surface area (Å²) in [5.41, 5.74) is 1.26. The molecule has 1 aliphatic heterocycles. The number of rotatable bonds is 3. The zero-order chi connectivity index (χ0) is 10.5. The maximum Gasteiger partial charge on any atom is 0.119 e. The van der Waals surface area contributed by atoms with Crippen LogP contribution in [-0.2, 0) is 4.74 Å². The molecule has 1 N–H and O–H groups in total. The number of hydrogen-bond donors (Lipinski definition) is 1. The average molecular weight is 207 g/mol. The average Bonchev–Trinajstić information content (AvgIpc) is 2.32. The van der Waals surface area contributed by atoms with Crippen molar-refractivity contribution in [2.45, 2.75) is 13.0 Å². The van der Waals surface area contributed by atoms with Gasteiger partial charge in [-0.25, -0.2) is 0 Å². The summed E-state index contributed by atoms with van der Waals surface area (Å²) in [6, 6.07) is 8.54. The Morgan fingerprint density at radius 2 is 2.20 bits per heavy atom. The molecule has 1 fully saturated rings. The van der Waals surface area contributed by atoms with Crippen LogP contribution in [0.25, 0.3) is 0 Å². The van der Waals surface area contributed by atoms with E-state index in [0.29, 0.717) is 12.6 Å². The molecule has 3 heteroatoms. The Balaban J connectivity index is 2.02. The first-order chi connectivity index (χ1) is 7.40. The van der Waals surface area contributed by atoms with Crippen LogP contribution in [-0.4, -0.2) is 26.4 Å². The van der Waals surface area contributed by atoms with Gasteiger partial charge in [0.05, 0.1) is 25.9 Å². The molecule has 82 valence electrons. The maximum absolute atomic E-state index is 5.42. The van der Waals surface area contributed by atoms with Crippen molar-refractivity contribution in [3.8, 4) is 5.75 Å². The van der Waals surface area contributed by atoms with Gasteiger partial charge in [-0.15, -0.1) is 0 Å². The van der Waals surface area contributed by atoms with Gasteiger partial charge in [0, 0.05) is 6.54 Å². The Morgan fingerprint density at radius 3 is 2.80 bits per heavy atom. The van der Waals surface area contributed by atoms with Crippen LogP contribution in [0.3, 0.4) is 0 Å². The summed E-state index contributed by atoms with van der Waals surface area (Å²) >= 11 is 0. The number of hydrogen-bond acceptors (Lipinski definition) is 3. The summed E-state index contributed by atoms with van der Waals surface area (Å²) in [7, 11) is 0. The van der Waals surface area contributed by atoms with Crippen molar-refractivity contribution in [2.75, 3.05) is 26.4 Å². The molecule has 0 aliphatic carbocycles. The summed E-state index contributed by atoms with van der Waals surface area (Å²) in [5, 5.41) is 3.42. The third kappa shape index (κ3) is 2.70. The normalized spacial score (nSPS) is 21.3. The molecule has 0 aromatic heterocycles. The summed E-state index contributed by atoms with van der Waals surface area (Å²) < 4.78 is 10.8. The smallest absolute Gasteiger partial charge is 0.119 e. The van der Waals surface area contributed by atoms with Crippen molar-refractivity contribution in [3.63, 3.8) is 0 Å². The Bertz CT molecular complexity index is 291. The van der Waals surface area contributed by atoms with E-state index >= 15 is 0 Å². The molecule has 1 heterocycles. The molecule has 3 nitrogen and oxygen atoms in total. The molecule has 0 amide bonds. The van der Waals surface area contributed by atoms with E-state index in [2.05, 4.69) is 17.4 Å². The van der Waals surface area contributed by atoms with Crippen LogP contribution in [0.2, 0.25) is 0 Å². The molecular formula is C12H17NO2. The second kappa shape index (κ2) is 5.14. The molecule has 0 unspecified atom stereocenters. The van der Waals surface area contributed by atoms with Crippen LogP contribution in [0.15, 0.2) is 24.3 Å². The molecule has 1 aromatic rings. The van der Waals surface area contributed by atoms with Crippen molar-refractivity contribution < 1.29 is 9.47 Å². The second-order valence-corrected chi connectivity index (χ2v) is 3.58. The van der Waals surface area contributed by atoms with E-state index in [4.69, 9.17) is 9.47 Å². The molecule has 1 aliphatic rings. The molecule has 1 aromatic carbocycles. The molecule has 0 saturated carbocycles. The quantitative estimate of drug-likeness (QED) is 0.819. The first kappa shape index (κ1) is 10.5. The van der Waals surface area contributed by atoms with E-state index in [0.717, 1.165) is 25.5 Å². The van der Waals surface area contributed by atoms with Crippen LogP contribution < -0.4 is 10.1 Å². The Morgan fingerprint density at radius 1 is 1.40 bits per heavy atom. The first-order valence-electron chi connectivity index (χ1n) is 5.44. The van der Waals surface area contributed by atoms with Crippen molar-refractivity contribution in [3.05, 3.63) is 29.8 Å². The maximum atomic E-state index is 5.42. The number of benzene rings is 1. The van der Waals surface area contributed by atoms with Gasteiger partial charge in [-0.3, -0.25) is 0 Å². The third-order valence-electron chi connectivity index (χ3n) is 2.52. The van der Waals surface area contributed by atoms with Gasteiger partial charge in [-0.1, -0.05) is 12.1 Å². The third-order valence-corrected chi connectivity index (χ3v) is 2.52. The van der Waals surface area contributed by atoms with E-state index in [-0.39, 0.29) is 0 Å². The molecule has 0 radical (unpaired) electrons. The van der Waals surface area contributed by atoms with Gasteiger partial charge in [-0.2, -0.15) is 0 Å². The number of nitrogens with one attached hydrogen (secondary N) is 1. The van der Waals surface area contributed by atoms with E-state index < -0.39 is 0 Å². The van der Waals surface area contributed by atoms with Crippen LogP contribution in [0.5, 0.6) is 5.75 Å². The van der Waals surface area contributed by atoms with E-state index in [1.165, 1.54) is 5.56 Å². The van der Waals surface area contributed by atoms with Crippen LogP contribution in [0.1, 0.15) is 18.5 Å². The zero-order valence-corrected chi connectivity index (χ0v) is 9.03. The van der Waals surface area contributed by atoms with Gasteiger partial charge in [0.25, 0.3) is 0 Å². The lowest BCUT2D eigenvalue weighted by Crippen LogP contribution is -2.34. The highest BCUT2D eigenvalue weighted by molar-refractivity contribution is 5.29. The highest BCUT2D eigenvalue weighted by Crippen LogP contribution is 2.19. The summed E-state index contributed by atoms with van der Waals surface area (Å²) in [6.07, 6.45) is 0. The lowest BCUT2D eigenvalue weighted by molar-refractivity contribution is 0.0768. The molecule has 0 spiro atoms. The van der Waals surface area contributed by atoms with Crippen molar-refractivity contribution in [2.24, 2.45) is 0 Å². The van der Waals surface area contributed by atoms with Gasteiger partial charge in [-0.05, 0) is 24.6 Å². The monoisotopic (exact) mass is 207 g/mol. The standard InChI is InChI=1S/C12H17NO2/c1-2-15-11-5-3-10(4-6-11)12-9-14-8-7-13-12/h3-6,12-13H,2,7-9H2,1H3/t12-/m0/s1. The predicted octanol–water partition coefficient (Wildman–Crippen LogP) is 1.75. The van der Waals surface area contributed by atoms with Crippen molar-refractivity contribution in [1.29, 1.82) is 0 Å². The minimum atomic E-state index is 0.328. The fraction of sp³-hybridized carbons (Fsp3) is 0.500. The molecule has 0 bridgehead atoms. The lowest BCUT2D eigenvalue weighted by Gasteiger charge is -2.24. The highest BCUT2D eigenvalue weighted by Gasteiger charge is 2.14. The second-order valence-electron chi connectivity index (χ2n) is 3.58. The number of morpholine rings is 1. The van der Waals surface area contributed by atoms with Crippen molar-refractivity contribution in [1.82, 2.24) is 5.32 Å². The van der Waals surface area contributed by atoms with Crippen LogP contribution >= 0.6 is 0 Å². The largest absolute Gasteiger partial charge is 0.494 e. The Kier molecular flexibility index (Phi) is 3.59. The molecule has 2 rings (SSSR count). The summed E-state index contributed by atoms with van der Waals surface area (Å²) in [5.74, 6) is 0.929. The lowest BCUT2D eigenvalue weighted by atomic mass is 10.1. The van der Waals surface area contributed by atoms with Crippen LogP contribution in [0.4, 0.5) is 0 Å². The zero-order valence-electron chi connectivity index (χ0n) is 9.03. The fourth-order valence-electron chi connectivity index (χ4n) is 1.74. The molecular weight excluding hydrogens is 190 g/mol. The minimum Gasteiger partial charge on any atom is -0.494 e.